The summed E-state index contributed by atoms with van der Waals surface area (Å²) in [6, 6.07) is 62.1. The summed E-state index contributed by atoms with van der Waals surface area (Å²) in [5, 5.41) is 2.53. The second-order valence-electron chi connectivity index (χ2n) is 13.3. The summed E-state index contributed by atoms with van der Waals surface area (Å²) < 4.78 is 0. The van der Waals surface area contributed by atoms with Gasteiger partial charge in [-0.15, -0.1) is 0 Å². The zero-order valence-electron chi connectivity index (χ0n) is 29.2. The summed E-state index contributed by atoms with van der Waals surface area (Å²) in [4.78, 5) is 2.40. The van der Waals surface area contributed by atoms with E-state index in [4.69, 9.17) is 0 Å². The highest BCUT2D eigenvalue weighted by Crippen LogP contribution is 2.46. The predicted molar refractivity (Wildman–Crippen MR) is 210 cm³/mol. The van der Waals surface area contributed by atoms with Crippen LogP contribution in [0.2, 0.25) is 0 Å². The van der Waals surface area contributed by atoms with E-state index in [9.17, 15) is 0 Å². The standard InChI is InChI=1S/C33H31N.2C7H8/c1-24-21-30(33(2,3)4)32(27-20-19-25-13-11-12-14-26(25)23-27)31(22-24)34(28-15-7-5-8-16-28)29-17-9-6-10-18-29;2*1-7-5-3-2-4-6-7/h5-23H,1-4H3;2*2-6H,1H3. The fourth-order valence-corrected chi connectivity index (χ4v) is 5.83. The molecule has 0 N–H and O–H groups in total. The second-order valence-corrected chi connectivity index (χ2v) is 13.3. The van der Waals surface area contributed by atoms with Gasteiger partial charge in [0.05, 0.1) is 5.69 Å². The lowest BCUT2D eigenvalue weighted by molar-refractivity contribution is 0.591. The minimum atomic E-state index is -0.0131. The molecule has 0 bridgehead atoms. The van der Waals surface area contributed by atoms with Gasteiger partial charge in [-0.05, 0) is 90.0 Å². The molecule has 0 heterocycles. The van der Waals surface area contributed by atoms with Gasteiger partial charge in [-0.2, -0.15) is 0 Å². The number of aryl methyl sites for hydroxylation is 3. The van der Waals surface area contributed by atoms with Crippen LogP contribution >= 0.6 is 0 Å². The quantitative estimate of drug-likeness (QED) is 0.188. The first-order chi connectivity index (χ1) is 23.2. The summed E-state index contributed by atoms with van der Waals surface area (Å²) in [6.45, 7) is 13.3. The maximum atomic E-state index is 2.40. The van der Waals surface area contributed by atoms with Crippen LogP contribution in [-0.2, 0) is 5.41 Å². The molecular formula is C47H47N. The highest BCUT2D eigenvalue weighted by Gasteiger charge is 2.26. The molecule has 7 aromatic carbocycles. The van der Waals surface area contributed by atoms with Crippen LogP contribution in [0, 0.1) is 20.8 Å². The minimum absolute atomic E-state index is 0.0131. The fourth-order valence-electron chi connectivity index (χ4n) is 5.83. The second kappa shape index (κ2) is 15.9. The van der Waals surface area contributed by atoms with Crippen molar-refractivity contribution < 1.29 is 0 Å². The van der Waals surface area contributed by atoms with E-state index < -0.39 is 0 Å². The van der Waals surface area contributed by atoms with Crippen LogP contribution in [-0.4, -0.2) is 0 Å². The minimum Gasteiger partial charge on any atom is -0.310 e. The Balaban J connectivity index is 0.000000265. The SMILES string of the molecule is Cc1cc(N(c2ccccc2)c2ccccc2)c(-c2ccc3ccccc3c2)c(C(C)(C)C)c1.Cc1ccccc1.Cc1ccccc1. The van der Waals surface area contributed by atoms with Crippen molar-refractivity contribution >= 4 is 27.8 Å². The zero-order valence-corrected chi connectivity index (χ0v) is 29.2. The molecular weight excluding hydrogens is 579 g/mol. The molecule has 0 fully saturated rings. The predicted octanol–water partition coefficient (Wildman–Crippen LogP) is 13.6. The van der Waals surface area contributed by atoms with Gasteiger partial charge in [-0.25, -0.2) is 0 Å². The molecule has 0 unspecified atom stereocenters. The zero-order chi connectivity index (χ0) is 33.9. The van der Waals surface area contributed by atoms with Crippen LogP contribution in [0.1, 0.15) is 43.0 Å². The van der Waals surface area contributed by atoms with Crippen molar-refractivity contribution in [3.8, 4) is 11.1 Å². The van der Waals surface area contributed by atoms with Gasteiger partial charge >= 0.3 is 0 Å². The Morgan fingerprint density at radius 2 is 0.833 bits per heavy atom. The first-order valence-corrected chi connectivity index (χ1v) is 16.8. The summed E-state index contributed by atoms with van der Waals surface area (Å²) >= 11 is 0. The van der Waals surface area contributed by atoms with Crippen LogP contribution in [0.5, 0.6) is 0 Å². The van der Waals surface area contributed by atoms with E-state index >= 15 is 0 Å². The number of benzene rings is 7. The molecule has 48 heavy (non-hydrogen) atoms. The van der Waals surface area contributed by atoms with E-state index in [1.54, 1.807) is 0 Å². The molecule has 1 heteroatoms. The van der Waals surface area contributed by atoms with Gasteiger partial charge < -0.3 is 4.90 Å². The highest BCUT2D eigenvalue weighted by atomic mass is 15.1. The lowest BCUT2D eigenvalue weighted by Gasteiger charge is -2.32. The summed E-state index contributed by atoms with van der Waals surface area (Å²) in [5.74, 6) is 0. The van der Waals surface area contributed by atoms with Gasteiger partial charge in [0.15, 0.2) is 0 Å². The van der Waals surface area contributed by atoms with Crippen molar-refractivity contribution in [2.24, 2.45) is 0 Å². The van der Waals surface area contributed by atoms with Crippen molar-refractivity contribution in [1.82, 2.24) is 0 Å². The molecule has 0 saturated heterocycles. The molecule has 7 aromatic rings. The Hall–Kier alpha value is -5.40. The van der Waals surface area contributed by atoms with Crippen molar-refractivity contribution in [3.63, 3.8) is 0 Å². The van der Waals surface area contributed by atoms with Gasteiger partial charge in [0.1, 0.15) is 0 Å². The van der Waals surface area contributed by atoms with Crippen LogP contribution in [0.3, 0.4) is 0 Å². The molecule has 0 atom stereocenters. The number of para-hydroxylation sites is 2. The maximum Gasteiger partial charge on any atom is 0.0545 e. The molecule has 0 saturated carbocycles. The lowest BCUT2D eigenvalue weighted by atomic mass is 9.79. The Bertz CT molecular complexity index is 1930. The molecule has 0 aromatic heterocycles. The van der Waals surface area contributed by atoms with E-state index in [0.717, 1.165) is 11.4 Å². The number of anilines is 3. The summed E-state index contributed by atoms with van der Waals surface area (Å²) in [5.41, 5.74) is 11.3. The van der Waals surface area contributed by atoms with Crippen LogP contribution < -0.4 is 4.90 Å². The molecule has 0 aliphatic carbocycles. The first kappa shape index (κ1) is 33.9. The van der Waals surface area contributed by atoms with Gasteiger partial charge in [0.2, 0.25) is 0 Å². The van der Waals surface area contributed by atoms with Crippen molar-refractivity contribution in [2.45, 2.75) is 47.0 Å². The van der Waals surface area contributed by atoms with Crippen LogP contribution in [0.25, 0.3) is 21.9 Å². The van der Waals surface area contributed by atoms with Crippen molar-refractivity contribution in [2.75, 3.05) is 4.90 Å². The molecule has 0 radical (unpaired) electrons. The summed E-state index contributed by atoms with van der Waals surface area (Å²) in [7, 11) is 0. The van der Waals surface area contributed by atoms with E-state index in [1.165, 1.54) is 49.8 Å². The van der Waals surface area contributed by atoms with Crippen LogP contribution in [0.15, 0.2) is 176 Å². The fraction of sp³-hybridized carbons (Fsp3) is 0.149. The number of hydrogen-bond acceptors (Lipinski definition) is 1. The smallest absolute Gasteiger partial charge is 0.0545 e. The molecule has 7 rings (SSSR count). The number of rotatable bonds is 4. The average molecular weight is 626 g/mol. The van der Waals surface area contributed by atoms with E-state index in [-0.39, 0.29) is 5.41 Å². The van der Waals surface area contributed by atoms with Crippen molar-refractivity contribution in [1.29, 1.82) is 0 Å². The van der Waals surface area contributed by atoms with E-state index in [0.29, 0.717) is 0 Å². The Morgan fingerprint density at radius 3 is 1.27 bits per heavy atom. The Morgan fingerprint density at radius 1 is 0.396 bits per heavy atom. The summed E-state index contributed by atoms with van der Waals surface area (Å²) in [6.07, 6.45) is 0. The average Bonchev–Trinajstić information content (AvgIpc) is 3.10. The van der Waals surface area contributed by atoms with E-state index in [2.05, 4.69) is 186 Å². The third-order valence-corrected chi connectivity index (χ3v) is 8.26. The molecule has 0 aliphatic heterocycles. The first-order valence-electron chi connectivity index (χ1n) is 16.8. The largest absolute Gasteiger partial charge is 0.310 e. The Labute approximate surface area is 288 Å². The van der Waals surface area contributed by atoms with Gasteiger partial charge in [0, 0.05) is 16.9 Å². The number of nitrogens with zero attached hydrogens (tertiary/aromatic N) is 1. The molecule has 0 spiro atoms. The highest BCUT2D eigenvalue weighted by molar-refractivity contribution is 5.95. The van der Waals surface area contributed by atoms with E-state index in [1.807, 2.05) is 36.4 Å². The lowest BCUT2D eigenvalue weighted by Crippen LogP contribution is -2.17. The topological polar surface area (TPSA) is 3.24 Å². The molecule has 0 aliphatic rings. The Kier molecular flexibility index (Phi) is 11.3. The third kappa shape index (κ3) is 8.90. The maximum absolute atomic E-state index is 2.40. The number of hydrogen-bond donors (Lipinski definition) is 0. The van der Waals surface area contributed by atoms with Gasteiger partial charge in [0.25, 0.3) is 0 Å². The third-order valence-electron chi connectivity index (χ3n) is 8.26. The van der Waals surface area contributed by atoms with Crippen LogP contribution in [0.4, 0.5) is 17.1 Å². The molecule has 240 valence electrons. The molecule has 1 nitrogen and oxygen atoms in total. The van der Waals surface area contributed by atoms with Crippen molar-refractivity contribution in [3.05, 3.63) is 198 Å². The normalized spacial score (nSPS) is 10.7. The number of fused-ring (bicyclic) bond motifs is 1. The monoisotopic (exact) mass is 625 g/mol. The van der Waals surface area contributed by atoms with Gasteiger partial charge in [-0.1, -0.05) is 171 Å². The molecule has 0 amide bonds. The van der Waals surface area contributed by atoms with Gasteiger partial charge in [-0.3, -0.25) is 0 Å².